The van der Waals surface area contributed by atoms with Crippen LogP contribution in [0.1, 0.15) is 23.1 Å². The van der Waals surface area contributed by atoms with Crippen molar-refractivity contribution in [3.05, 3.63) is 47.5 Å². The fourth-order valence-corrected chi connectivity index (χ4v) is 1.75. The summed E-state index contributed by atoms with van der Waals surface area (Å²) in [5.41, 5.74) is 4.11. The van der Waals surface area contributed by atoms with E-state index in [1.54, 1.807) is 0 Å². The van der Waals surface area contributed by atoms with Crippen LogP contribution in [0, 0.1) is 13.8 Å². The van der Waals surface area contributed by atoms with E-state index in [0.717, 1.165) is 32.7 Å². The highest BCUT2D eigenvalue weighted by molar-refractivity contribution is 5.33. The lowest BCUT2D eigenvalue weighted by atomic mass is 10.0. The van der Waals surface area contributed by atoms with Crippen molar-refractivity contribution >= 4 is 0 Å². The van der Waals surface area contributed by atoms with Gasteiger partial charge in [0.15, 0.2) is 0 Å². The van der Waals surface area contributed by atoms with Crippen LogP contribution in [0.15, 0.2) is 30.9 Å². The zero-order valence-electron chi connectivity index (χ0n) is 11.0. The number of nitrogens with one attached hydrogen (secondary N) is 1. The van der Waals surface area contributed by atoms with Gasteiger partial charge in [-0.05, 0) is 37.0 Å². The minimum absolute atomic E-state index is 0.763. The Hall–Kier alpha value is -1.12. The molecule has 94 valence electrons. The molecule has 0 unspecified atom stereocenters. The topological polar surface area (TPSA) is 21.3 Å². The maximum absolute atomic E-state index is 5.44. The summed E-state index contributed by atoms with van der Waals surface area (Å²) in [6, 6.07) is 6.42. The molecule has 17 heavy (non-hydrogen) atoms. The molecule has 0 saturated carbocycles. The Labute approximate surface area is 105 Å². The molecule has 0 heterocycles. The van der Waals surface area contributed by atoms with Gasteiger partial charge in [-0.3, -0.25) is 0 Å². The quantitative estimate of drug-likeness (QED) is 0.550. The summed E-state index contributed by atoms with van der Waals surface area (Å²) < 4.78 is 5.44. The fourth-order valence-electron chi connectivity index (χ4n) is 1.75. The fraction of sp³-hybridized carbons (Fsp3) is 0.467. The van der Waals surface area contributed by atoms with Gasteiger partial charge in [0.1, 0.15) is 0 Å². The second-order valence-electron chi connectivity index (χ2n) is 4.24. The van der Waals surface area contributed by atoms with Crippen molar-refractivity contribution in [1.82, 2.24) is 5.32 Å². The van der Waals surface area contributed by atoms with E-state index in [1.165, 1.54) is 16.7 Å². The second-order valence-corrected chi connectivity index (χ2v) is 4.24. The molecule has 0 fully saturated rings. The molecule has 0 atom stereocenters. The van der Waals surface area contributed by atoms with Crippen molar-refractivity contribution in [2.75, 3.05) is 19.8 Å². The van der Waals surface area contributed by atoms with E-state index in [0.29, 0.717) is 0 Å². The van der Waals surface area contributed by atoms with E-state index < -0.39 is 0 Å². The first kappa shape index (κ1) is 13.9. The predicted octanol–water partition coefficient (Wildman–Crippen LogP) is 2.99. The molecule has 0 amide bonds. The van der Waals surface area contributed by atoms with Crippen LogP contribution in [0.2, 0.25) is 0 Å². The number of rotatable bonds is 8. The molecule has 0 aliphatic rings. The number of ether oxygens (including phenoxy) is 1. The minimum atomic E-state index is 0.763. The maximum Gasteiger partial charge on any atom is 0.0591 e. The first-order valence-corrected chi connectivity index (χ1v) is 6.20. The summed E-state index contributed by atoms with van der Waals surface area (Å²) >= 11 is 0. The molecular weight excluding hydrogens is 210 g/mol. The van der Waals surface area contributed by atoms with E-state index in [9.17, 15) is 0 Å². The number of aryl methyl sites for hydroxylation is 2. The molecule has 0 aliphatic carbocycles. The van der Waals surface area contributed by atoms with E-state index in [2.05, 4.69) is 43.9 Å². The van der Waals surface area contributed by atoms with Crippen LogP contribution >= 0.6 is 0 Å². The maximum atomic E-state index is 5.44. The summed E-state index contributed by atoms with van der Waals surface area (Å²) in [6.45, 7) is 11.3. The Morgan fingerprint density at radius 3 is 2.59 bits per heavy atom. The number of hydrogen-bond acceptors (Lipinski definition) is 2. The summed E-state index contributed by atoms with van der Waals surface area (Å²) in [7, 11) is 0. The zero-order chi connectivity index (χ0) is 12.5. The van der Waals surface area contributed by atoms with Gasteiger partial charge >= 0.3 is 0 Å². The molecule has 0 aliphatic heterocycles. The lowest BCUT2D eigenvalue weighted by Crippen LogP contribution is -2.20. The summed E-state index contributed by atoms with van der Waals surface area (Å²) in [4.78, 5) is 0. The third-order valence-corrected chi connectivity index (χ3v) is 2.84. The summed E-state index contributed by atoms with van der Waals surface area (Å²) in [5.74, 6) is 0. The lowest BCUT2D eigenvalue weighted by Gasteiger charge is -2.11. The minimum Gasteiger partial charge on any atom is -0.380 e. The molecule has 0 saturated heterocycles. The van der Waals surface area contributed by atoms with Gasteiger partial charge in [-0.1, -0.05) is 24.3 Å². The Morgan fingerprint density at radius 1 is 1.24 bits per heavy atom. The van der Waals surface area contributed by atoms with Gasteiger partial charge in [-0.25, -0.2) is 0 Å². The zero-order valence-corrected chi connectivity index (χ0v) is 11.0. The molecule has 1 aromatic rings. The number of hydrogen-bond donors (Lipinski definition) is 1. The second kappa shape index (κ2) is 8.04. The van der Waals surface area contributed by atoms with Gasteiger partial charge in [0.2, 0.25) is 0 Å². The van der Waals surface area contributed by atoms with Crippen LogP contribution in [-0.2, 0) is 11.3 Å². The monoisotopic (exact) mass is 233 g/mol. The standard InChI is InChI=1S/C15H23NO/c1-4-5-10-17-11-9-16-12-15-13(2)7-6-8-14(15)3/h4,6-8,16H,1,5,9-12H2,2-3H3. The molecule has 1 N–H and O–H groups in total. The van der Waals surface area contributed by atoms with Crippen molar-refractivity contribution in [2.45, 2.75) is 26.8 Å². The van der Waals surface area contributed by atoms with Crippen LogP contribution in [0.25, 0.3) is 0 Å². The SMILES string of the molecule is C=CCCOCCNCc1c(C)cccc1C. The first-order valence-electron chi connectivity index (χ1n) is 6.20. The van der Waals surface area contributed by atoms with Gasteiger partial charge in [-0.15, -0.1) is 6.58 Å². The molecule has 0 spiro atoms. The molecule has 1 rings (SSSR count). The average Bonchev–Trinajstić information content (AvgIpc) is 2.31. The summed E-state index contributed by atoms with van der Waals surface area (Å²) in [6.07, 6.45) is 2.81. The highest BCUT2D eigenvalue weighted by Gasteiger charge is 2.00. The van der Waals surface area contributed by atoms with Crippen molar-refractivity contribution in [3.8, 4) is 0 Å². The Kier molecular flexibility index (Phi) is 6.60. The molecule has 0 radical (unpaired) electrons. The third-order valence-electron chi connectivity index (χ3n) is 2.84. The van der Waals surface area contributed by atoms with Crippen molar-refractivity contribution in [1.29, 1.82) is 0 Å². The highest BCUT2D eigenvalue weighted by Crippen LogP contribution is 2.12. The predicted molar refractivity (Wildman–Crippen MR) is 73.3 cm³/mol. The van der Waals surface area contributed by atoms with Gasteiger partial charge in [0.25, 0.3) is 0 Å². The average molecular weight is 233 g/mol. The molecule has 0 aromatic heterocycles. The van der Waals surface area contributed by atoms with Crippen LogP contribution in [0.5, 0.6) is 0 Å². The van der Waals surface area contributed by atoms with Gasteiger partial charge in [0.05, 0.1) is 13.2 Å². The highest BCUT2D eigenvalue weighted by atomic mass is 16.5. The van der Waals surface area contributed by atoms with Crippen LogP contribution in [-0.4, -0.2) is 19.8 Å². The smallest absolute Gasteiger partial charge is 0.0591 e. The third kappa shape index (κ3) is 5.16. The molecule has 2 heteroatoms. The molecular formula is C15H23NO. The van der Waals surface area contributed by atoms with Crippen LogP contribution in [0.3, 0.4) is 0 Å². The molecule has 1 aromatic carbocycles. The van der Waals surface area contributed by atoms with Gasteiger partial charge in [-0.2, -0.15) is 0 Å². The molecule has 0 bridgehead atoms. The van der Waals surface area contributed by atoms with Crippen molar-refractivity contribution < 1.29 is 4.74 Å². The van der Waals surface area contributed by atoms with E-state index in [1.807, 2.05) is 6.08 Å². The largest absolute Gasteiger partial charge is 0.380 e. The Morgan fingerprint density at radius 2 is 1.94 bits per heavy atom. The normalized spacial score (nSPS) is 10.5. The number of benzene rings is 1. The molecule has 2 nitrogen and oxygen atoms in total. The van der Waals surface area contributed by atoms with Crippen molar-refractivity contribution in [2.24, 2.45) is 0 Å². The van der Waals surface area contributed by atoms with E-state index in [-0.39, 0.29) is 0 Å². The van der Waals surface area contributed by atoms with E-state index in [4.69, 9.17) is 4.74 Å². The lowest BCUT2D eigenvalue weighted by molar-refractivity contribution is 0.140. The van der Waals surface area contributed by atoms with Gasteiger partial charge in [0, 0.05) is 13.1 Å². The van der Waals surface area contributed by atoms with Crippen LogP contribution < -0.4 is 5.32 Å². The summed E-state index contributed by atoms with van der Waals surface area (Å²) in [5, 5.41) is 3.41. The van der Waals surface area contributed by atoms with Crippen LogP contribution in [0.4, 0.5) is 0 Å². The van der Waals surface area contributed by atoms with E-state index >= 15 is 0 Å². The van der Waals surface area contributed by atoms with Crippen molar-refractivity contribution in [3.63, 3.8) is 0 Å². The first-order chi connectivity index (χ1) is 8.25. The Balaban J connectivity index is 2.20. The van der Waals surface area contributed by atoms with Gasteiger partial charge < -0.3 is 10.1 Å². The Bertz CT molecular complexity index is 327.